The number of benzene rings is 2. The standard InChI is InChI=1S/C16H9F3N4O/c17-16(18,19)11-5-6-12-13(7-11)22-14(21-12)9-1-3-10(4-2-9)15-23-20-8-24-15/h1-8H,(H,21,22). The Balaban J connectivity index is 1.71. The zero-order chi connectivity index (χ0) is 16.7. The second-order valence-corrected chi connectivity index (χ2v) is 5.14. The van der Waals surface area contributed by atoms with Crippen LogP contribution in [-0.4, -0.2) is 20.2 Å². The lowest BCUT2D eigenvalue weighted by atomic mass is 10.1. The van der Waals surface area contributed by atoms with E-state index in [1.165, 1.54) is 12.5 Å². The van der Waals surface area contributed by atoms with Gasteiger partial charge in [-0.1, -0.05) is 12.1 Å². The molecule has 0 bridgehead atoms. The molecular weight excluding hydrogens is 321 g/mol. The van der Waals surface area contributed by atoms with Crippen molar-refractivity contribution >= 4 is 11.0 Å². The van der Waals surface area contributed by atoms with Gasteiger partial charge in [0.1, 0.15) is 5.82 Å². The number of hydrogen-bond donors (Lipinski definition) is 1. The average Bonchev–Trinajstić information content (AvgIpc) is 3.23. The van der Waals surface area contributed by atoms with Crippen LogP contribution in [0.4, 0.5) is 13.2 Å². The van der Waals surface area contributed by atoms with E-state index in [9.17, 15) is 13.2 Å². The van der Waals surface area contributed by atoms with Gasteiger partial charge < -0.3 is 9.40 Å². The summed E-state index contributed by atoms with van der Waals surface area (Å²) in [5.74, 6) is 0.877. The molecule has 2 heterocycles. The Morgan fingerprint density at radius 3 is 2.38 bits per heavy atom. The molecule has 0 fully saturated rings. The molecule has 0 saturated carbocycles. The van der Waals surface area contributed by atoms with Crippen LogP contribution in [0, 0.1) is 0 Å². The van der Waals surface area contributed by atoms with Gasteiger partial charge in [0.05, 0.1) is 16.6 Å². The van der Waals surface area contributed by atoms with Crippen LogP contribution in [-0.2, 0) is 6.18 Å². The molecular formula is C16H9F3N4O. The molecule has 1 N–H and O–H groups in total. The lowest BCUT2D eigenvalue weighted by Gasteiger charge is -2.05. The molecule has 24 heavy (non-hydrogen) atoms. The largest absolute Gasteiger partial charge is 0.423 e. The van der Waals surface area contributed by atoms with Crippen LogP contribution in [0.1, 0.15) is 5.56 Å². The van der Waals surface area contributed by atoms with Crippen LogP contribution in [0.3, 0.4) is 0 Å². The highest BCUT2D eigenvalue weighted by atomic mass is 19.4. The summed E-state index contributed by atoms with van der Waals surface area (Å²) in [4.78, 5) is 7.24. The molecule has 4 aromatic rings. The van der Waals surface area contributed by atoms with Crippen molar-refractivity contribution in [2.24, 2.45) is 0 Å². The quantitative estimate of drug-likeness (QED) is 0.595. The Hall–Kier alpha value is -3.16. The Bertz CT molecular complexity index is 989. The second kappa shape index (κ2) is 5.19. The Morgan fingerprint density at radius 2 is 1.71 bits per heavy atom. The van der Waals surface area contributed by atoms with Gasteiger partial charge in [0.2, 0.25) is 12.3 Å². The van der Waals surface area contributed by atoms with Gasteiger partial charge in [0.15, 0.2) is 0 Å². The molecule has 2 aromatic heterocycles. The normalized spacial score (nSPS) is 12.0. The first kappa shape index (κ1) is 14.4. The zero-order valence-corrected chi connectivity index (χ0v) is 12.0. The number of imidazole rings is 1. The maximum Gasteiger partial charge on any atom is 0.416 e. The maximum absolute atomic E-state index is 12.8. The first-order chi connectivity index (χ1) is 11.5. The number of alkyl halides is 3. The molecule has 8 heteroatoms. The van der Waals surface area contributed by atoms with Crippen molar-refractivity contribution in [2.45, 2.75) is 6.18 Å². The number of fused-ring (bicyclic) bond motifs is 1. The van der Waals surface area contributed by atoms with E-state index in [-0.39, 0.29) is 0 Å². The smallest absolute Gasteiger partial charge is 0.416 e. The molecule has 0 radical (unpaired) electrons. The van der Waals surface area contributed by atoms with E-state index in [0.717, 1.165) is 23.3 Å². The summed E-state index contributed by atoms with van der Waals surface area (Å²) in [5, 5.41) is 7.42. The number of hydrogen-bond acceptors (Lipinski definition) is 4. The van der Waals surface area contributed by atoms with Gasteiger partial charge in [-0.3, -0.25) is 0 Å². The number of rotatable bonds is 2. The van der Waals surface area contributed by atoms with Crippen molar-refractivity contribution in [3.8, 4) is 22.8 Å². The first-order valence-electron chi connectivity index (χ1n) is 6.95. The molecule has 0 aliphatic rings. The molecule has 4 rings (SSSR count). The van der Waals surface area contributed by atoms with Crippen LogP contribution >= 0.6 is 0 Å². The summed E-state index contributed by atoms with van der Waals surface area (Å²) >= 11 is 0. The van der Waals surface area contributed by atoms with Gasteiger partial charge in [-0.15, -0.1) is 10.2 Å². The summed E-state index contributed by atoms with van der Waals surface area (Å²) < 4.78 is 43.4. The van der Waals surface area contributed by atoms with Crippen molar-refractivity contribution < 1.29 is 17.6 Å². The molecule has 0 spiro atoms. The number of aromatic amines is 1. The van der Waals surface area contributed by atoms with Gasteiger partial charge >= 0.3 is 6.18 Å². The Kier molecular flexibility index (Phi) is 3.12. The summed E-state index contributed by atoms with van der Waals surface area (Å²) in [6.07, 6.45) is -3.15. The number of H-pyrrole nitrogens is 1. The highest BCUT2D eigenvalue weighted by Gasteiger charge is 2.30. The van der Waals surface area contributed by atoms with Gasteiger partial charge in [0, 0.05) is 11.1 Å². The molecule has 5 nitrogen and oxygen atoms in total. The molecule has 0 unspecified atom stereocenters. The predicted octanol–water partition coefficient (Wildman–Crippen LogP) is 4.30. The van der Waals surface area contributed by atoms with E-state index < -0.39 is 11.7 Å². The maximum atomic E-state index is 12.8. The lowest BCUT2D eigenvalue weighted by Crippen LogP contribution is -2.04. The summed E-state index contributed by atoms with van der Waals surface area (Å²) in [6, 6.07) is 10.5. The molecule has 0 amide bonds. The number of halogens is 3. The molecule has 0 aliphatic heterocycles. The van der Waals surface area contributed by atoms with Crippen LogP contribution in [0.2, 0.25) is 0 Å². The summed E-state index contributed by atoms with van der Waals surface area (Å²) in [7, 11) is 0. The minimum Gasteiger partial charge on any atom is -0.423 e. The lowest BCUT2D eigenvalue weighted by molar-refractivity contribution is -0.137. The first-order valence-corrected chi connectivity index (χ1v) is 6.95. The molecule has 0 atom stereocenters. The van der Waals surface area contributed by atoms with Crippen molar-refractivity contribution in [2.75, 3.05) is 0 Å². The van der Waals surface area contributed by atoms with Gasteiger partial charge in [0.25, 0.3) is 0 Å². The zero-order valence-electron chi connectivity index (χ0n) is 12.0. The van der Waals surface area contributed by atoms with Crippen molar-refractivity contribution in [3.05, 3.63) is 54.4 Å². The van der Waals surface area contributed by atoms with Gasteiger partial charge in [-0.25, -0.2) is 4.98 Å². The predicted molar refractivity (Wildman–Crippen MR) is 79.8 cm³/mol. The summed E-state index contributed by atoms with van der Waals surface area (Å²) in [5.41, 5.74) is 1.58. The van der Waals surface area contributed by atoms with E-state index in [2.05, 4.69) is 20.2 Å². The van der Waals surface area contributed by atoms with Crippen molar-refractivity contribution in [1.29, 1.82) is 0 Å². The van der Waals surface area contributed by atoms with Crippen molar-refractivity contribution in [1.82, 2.24) is 20.2 Å². The third-order valence-corrected chi connectivity index (χ3v) is 3.57. The minimum atomic E-state index is -4.38. The Morgan fingerprint density at radius 1 is 0.958 bits per heavy atom. The molecule has 120 valence electrons. The topological polar surface area (TPSA) is 67.6 Å². The van der Waals surface area contributed by atoms with Crippen molar-refractivity contribution in [3.63, 3.8) is 0 Å². The van der Waals surface area contributed by atoms with E-state index in [4.69, 9.17) is 4.42 Å². The third-order valence-electron chi connectivity index (χ3n) is 3.57. The molecule has 0 aliphatic carbocycles. The van der Waals surface area contributed by atoms with Crippen LogP contribution < -0.4 is 0 Å². The van der Waals surface area contributed by atoms with E-state index in [1.807, 2.05) is 0 Å². The average molecular weight is 330 g/mol. The monoisotopic (exact) mass is 330 g/mol. The number of nitrogens with zero attached hydrogens (tertiary/aromatic N) is 3. The minimum absolute atomic E-state index is 0.334. The van der Waals surface area contributed by atoms with Crippen LogP contribution in [0.5, 0.6) is 0 Å². The molecule has 2 aromatic carbocycles. The van der Waals surface area contributed by atoms with E-state index in [0.29, 0.717) is 22.7 Å². The highest BCUT2D eigenvalue weighted by molar-refractivity contribution is 5.80. The van der Waals surface area contributed by atoms with Gasteiger partial charge in [-0.05, 0) is 30.3 Å². The van der Waals surface area contributed by atoms with E-state index >= 15 is 0 Å². The summed E-state index contributed by atoms with van der Waals surface area (Å²) in [6.45, 7) is 0. The fourth-order valence-corrected chi connectivity index (χ4v) is 2.39. The van der Waals surface area contributed by atoms with Crippen LogP contribution in [0.15, 0.2) is 53.3 Å². The van der Waals surface area contributed by atoms with E-state index in [1.54, 1.807) is 24.3 Å². The number of nitrogens with one attached hydrogen (secondary N) is 1. The number of aromatic nitrogens is 4. The van der Waals surface area contributed by atoms with Gasteiger partial charge in [-0.2, -0.15) is 13.2 Å². The molecule has 0 saturated heterocycles. The fraction of sp³-hybridized carbons (Fsp3) is 0.0625. The SMILES string of the molecule is FC(F)(F)c1ccc2nc(-c3ccc(-c4nnco4)cc3)[nH]c2c1. The fourth-order valence-electron chi connectivity index (χ4n) is 2.39. The van der Waals surface area contributed by atoms with Crippen LogP contribution in [0.25, 0.3) is 33.9 Å². The second-order valence-electron chi connectivity index (χ2n) is 5.14. The highest BCUT2D eigenvalue weighted by Crippen LogP contribution is 2.32. The Labute approximate surface area is 133 Å². The third kappa shape index (κ3) is 2.51.